The van der Waals surface area contributed by atoms with Gasteiger partial charge >= 0.3 is 0 Å². The second kappa shape index (κ2) is 5.23. The Morgan fingerprint density at radius 2 is 2.11 bits per heavy atom. The maximum absolute atomic E-state index is 11.8. The van der Waals surface area contributed by atoms with Crippen LogP contribution >= 0.6 is 0 Å². The zero-order valence-corrected chi connectivity index (χ0v) is 11.1. The number of nitrogens with zero attached hydrogens (tertiary/aromatic N) is 2. The molecule has 1 N–H and O–H groups in total. The lowest BCUT2D eigenvalue weighted by Crippen LogP contribution is -2.26. The fraction of sp³-hybridized carbons (Fsp3) is 0.357. The molecule has 18 heavy (non-hydrogen) atoms. The molecule has 0 spiro atoms. The Morgan fingerprint density at radius 3 is 2.78 bits per heavy atom. The number of carbonyl (C=O) groups excluding carboxylic acids is 1. The van der Waals surface area contributed by atoms with E-state index in [0.29, 0.717) is 6.54 Å². The minimum Gasteiger partial charge on any atom is -0.347 e. The van der Waals surface area contributed by atoms with Crippen LogP contribution in [-0.2, 0) is 17.9 Å². The molecule has 0 fully saturated rings. The number of benzene rings is 1. The number of carbonyl (C=O) groups is 1. The average Bonchev–Trinajstić information content (AvgIpc) is 2.74. The van der Waals surface area contributed by atoms with E-state index >= 15 is 0 Å². The molecule has 2 rings (SSSR count). The van der Waals surface area contributed by atoms with E-state index in [2.05, 4.69) is 23.5 Å². The molecule has 1 heterocycles. The Balaban J connectivity index is 2.42. The first-order valence-corrected chi connectivity index (χ1v) is 6.05. The summed E-state index contributed by atoms with van der Waals surface area (Å²) in [5.74, 6) is 0.103. The molecule has 1 aromatic carbocycles. The number of amides is 1. The number of fused-ring (bicyclic) bond motifs is 1. The second-order valence-electron chi connectivity index (χ2n) is 4.62. The van der Waals surface area contributed by atoms with Crippen LogP contribution in [0.15, 0.2) is 30.5 Å². The second-order valence-corrected chi connectivity index (χ2v) is 4.62. The first-order valence-electron chi connectivity index (χ1n) is 6.05. The van der Waals surface area contributed by atoms with E-state index < -0.39 is 0 Å². The quantitative estimate of drug-likeness (QED) is 0.885. The molecule has 0 aliphatic heterocycles. The average molecular weight is 245 g/mol. The van der Waals surface area contributed by atoms with Crippen molar-refractivity contribution in [3.63, 3.8) is 0 Å². The lowest BCUT2D eigenvalue weighted by Gasteiger charge is -2.13. The van der Waals surface area contributed by atoms with Crippen molar-refractivity contribution in [3.8, 4) is 0 Å². The van der Waals surface area contributed by atoms with Crippen LogP contribution in [0, 0.1) is 0 Å². The molecule has 0 radical (unpaired) electrons. The molecule has 4 nitrogen and oxygen atoms in total. The highest BCUT2D eigenvalue weighted by molar-refractivity contribution is 5.85. The van der Waals surface area contributed by atoms with Gasteiger partial charge in [-0.3, -0.25) is 4.79 Å². The van der Waals surface area contributed by atoms with Crippen LogP contribution in [-0.4, -0.2) is 36.5 Å². The van der Waals surface area contributed by atoms with Gasteiger partial charge in [-0.15, -0.1) is 0 Å². The monoisotopic (exact) mass is 245 g/mol. The maximum atomic E-state index is 11.8. The van der Waals surface area contributed by atoms with Gasteiger partial charge in [0.05, 0.1) is 5.52 Å². The summed E-state index contributed by atoms with van der Waals surface area (Å²) >= 11 is 0. The van der Waals surface area contributed by atoms with Crippen LogP contribution in [0.4, 0.5) is 0 Å². The third kappa shape index (κ3) is 2.38. The van der Waals surface area contributed by atoms with Gasteiger partial charge in [-0.1, -0.05) is 18.2 Å². The molecule has 0 saturated carbocycles. The van der Waals surface area contributed by atoms with E-state index in [1.165, 1.54) is 10.9 Å². The predicted octanol–water partition coefficient (Wildman–Crippen LogP) is 1.45. The number of nitrogens with one attached hydrogen (secondary N) is 1. The summed E-state index contributed by atoms with van der Waals surface area (Å²) in [4.78, 5) is 13.4. The van der Waals surface area contributed by atoms with E-state index in [9.17, 15) is 4.79 Å². The van der Waals surface area contributed by atoms with Gasteiger partial charge < -0.3 is 14.8 Å². The van der Waals surface area contributed by atoms with Gasteiger partial charge in [-0.2, -0.15) is 0 Å². The molecule has 0 atom stereocenters. The minimum atomic E-state index is 0.103. The molecule has 4 heteroatoms. The molecule has 0 bridgehead atoms. The van der Waals surface area contributed by atoms with Crippen molar-refractivity contribution in [1.82, 2.24) is 14.8 Å². The zero-order valence-electron chi connectivity index (χ0n) is 11.1. The van der Waals surface area contributed by atoms with Gasteiger partial charge in [0.25, 0.3) is 0 Å². The third-order valence-corrected chi connectivity index (χ3v) is 3.04. The van der Waals surface area contributed by atoms with Gasteiger partial charge in [0.1, 0.15) is 6.54 Å². The summed E-state index contributed by atoms with van der Waals surface area (Å²) in [6.07, 6.45) is 1.98. The third-order valence-electron chi connectivity index (χ3n) is 3.04. The Morgan fingerprint density at radius 1 is 1.33 bits per heavy atom. The van der Waals surface area contributed by atoms with Crippen molar-refractivity contribution in [1.29, 1.82) is 0 Å². The van der Waals surface area contributed by atoms with Crippen molar-refractivity contribution >= 4 is 16.8 Å². The lowest BCUT2D eigenvalue weighted by molar-refractivity contribution is -0.129. The number of rotatable bonds is 4. The number of para-hydroxylation sites is 1. The summed E-state index contributed by atoms with van der Waals surface area (Å²) in [7, 11) is 5.49. The Hall–Kier alpha value is -1.81. The summed E-state index contributed by atoms with van der Waals surface area (Å²) in [5.41, 5.74) is 2.36. The van der Waals surface area contributed by atoms with Crippen LogP contribution in [0.2, 0.25) is 0 Å². The van der Waals surface area contributed by atoms with E-state index in [0.717, 1.165) is 12.1 Å². The molecule has 0 saturated heterocycles. The van der Waals surface area contributed by atoms with Gasteiger partial charge in [0.2, 0.25) is 5.91 Å². The highest BCUT2D eigenvalue weighted by Gasteiger charge is 2.10. The van der Waals surface area contributed by atoms with Gasteiger partial charge in [0, 0.05) is 26.8 Å². The number of likely N-dealkylation sites (N-methyl/N-ethyl adjacent to an activating group) is 1. The smallest absolute Gasteiger partial charge is 0.241 e. The van der Waals surface area contributed by atoms with E-state index in [1.54, 1.807) is 19.0 Å². The molecular weight excluding hydrogens is 226 g/mol. The summed E-state index contributed by atoms with van der Waals surface area (Å²) < 4.78 is 2.02. The first kappa shape index (κ1) is 12.6. The first-order chi connectivity index (χ1) is 8.63. The molecule has 1 aromatic heterocycles. The fourth-order valence-electron chi connectivity index (χ4n) is 2.09. The number of hydrogen-bond donors (Lipinski definition) is 1. The predicted molar refractivity (Wildman–Crippen MR) is 73.4 cm³/mol. The maximum Gasteiger partial charge on any atom is 0.241 e. The van der Waals surface area contributed by atoms with E-state index in [-0.39, 0.29) is 5.91 Å². The molecular formula is C14H19N3O. The minimum absolute atomic E-state index is 0.103. The normalized spacial score (nSPS) is 10.8. The molecule has 0 aliphatic rings. The Labute approximate surface area is 107 Å². The van der Waals surface area contributed by atoms with Gasteiger partial charge in [-0.05, 0) is 24.1 Å². The molecule has 96 valence electrons. The molecule has 0 unspecified atom stereocenters. The Kier molecular flexibility index (Phi) is 3.67. The van der Waals surface area contributed by atoms with Crippen molar-refractivity contribution < 1.29 is 4.79 Å². The number of aromatic nitrogens is 1. The van der Waals surface area contributed by atoms with Crippen molar-refractivity contribution in [2.24, 2.45) is 0 Å². The topological polar surface area (TPSA) is 37.3 Å². The van der Waals surface area contributed by atoms with E-state index in [1.807, 2.05) is 23.9 Å². The summed E-state index contributed by atoms with van der Waals surface area (Å²) in [6, 6.07) is 8.27. The molecule has 1 amide bonds. The van der Waals surface area contributed by atoms with Crippen molar-refractivity contribution in [3.05, 3.63) is 36.0 Å². The van der Waals surface area contributed by atoms with Crippen molar-refractivity contribution in [2.75, 3.05) is 21.1 Å². The van der Waals surface area contributed by atoms with Crippen LogP contribution in [0.3, 0.4) is 0 Å². The van der Waals surface area contributed by atoms with Gasteiger partial charge in [0.15, 0.2) is 0 Å². The van der Waals surface area contributed by atoms with Crippen LogP contribution in [0.25, 0.3) is 10.9 Å². The SMILES string of the molecule is CNCc1cccc2ccn(CC(=O)N(C)C)c12. The summed E-state index contributed by atoms with van der Waals surface area (Å²) in [5, 5.41) is 4.34. The van der Waals surface area contributed by atoms with E-state index in [4.69, 9.17) is 0 Å². The van der Waals surface area contributed by atoms with Crippen molar-refractivity contribution in [2.45, 2.75) is 13.1 Å². The standard InChI is InChI=1S/C14H19N3O/c1-15-9-12-6-4-5-11-7-8-17(14(11)12)10-13(18)16(2)3/h4-8,15H,9-10H2,1-3H3. The fourth-order valence-corrected chi connectivity index (χ4v) is 2.09. The molecule has 0 aliphatic carbocycles. The Bertz CT molecular complexity index is 557. The highest BCUT2D eigenvalue weighted by atomic mass is 16.2. The largest absolute Gasteiger partial charge is 0.347 e. The number of hydrogen-bond acceptors (Lipinski definition) is 2. The highest BCUT2D eigenvalue weighted by Crippen LogP contribution is 2.20. The van der Waals surface area contributed by atoms with Crippen LogP contribution < -0.4 is 5.32 Å². The van der Waals surface area contributed by atoms with Gasteiger partial charge in [-0.25, -0.2) is 0 Å². The van der Waals surface area contributed by atoms with Crippen LogP contribution in [0.1, 0.15) is 5.56 Å². The summed E-state index contributed by atoms with van der Waals surface area (Å²) in [6.45, 7) is 1.19. The van der Waals surface area contributed by atoms with Crippen LogP contribution in [0.5, 0.6) is 0 Å². The zero-order chi connectivity index (χ0) is 13.1. The molecule has 2 aromatic rings. The lowest BCUT2D eigenvalue weighted by atomic mass is 10.1.